The monoisotopic (exact) mass is 158 g/mol. The topological polar surface area (TPSA) is 40.2 Å². The van der Waals surface area contributed by atoms with E-state index in [1.807, 2.05) is 4.90 Å². The van der Waals surface area contributed by atoms with Gasteiger partial charge in [-0.2, -0.15) is 0 Å². The molecular weight excluding hydrogens is 142 g/mol. The van der Waals surface area contributed by atoms with E-state index in [0.29, 0.717) is 0 Å². The Hall–Kier alpha value is -0.610. The number of amides is 2. The van der Waals surface area contributed by atoms with Crippen molar-refractivity contribution < 1.29 is 10.1 Å². The highest BCUT2D eigenvalue weighted by Crippen LogP contribution is 1.96. The van der Waals surface area contributed by atoms with Crippen LogP contribution in [0.1, 0.15) is 0 Å². The molecule has 11 heavy (non-hydrogen) atoms. The Morgan fingerprint density at radius 2 is 1.82 bits per heavy atom. The highest BCUT2D eigenvalue weighted by Gasteiger charge is 2.19. The number of carbonyl (C=O) groups is 1. The molecule has 0 aliphatic carbocycles. The summed E-state index contributed by atoms with van der Waals surface area (Å²) in [5, 5.41) is 1.63. The average Bonchev–Trinajstić information content (AvgIpc) is 2.05. The largest absolute Gasteiger partial charge is 0.415 e. The highest BCUT2D eigenvalue weighted by molar-refractivity contribution is 5.63. The minimum absolute atomic E-state index is 0.165. The summed E-state index contributed by atoms with van der Waals surface area (Å²) < 4.78 is 0. The molecule has 2 N–H and O–H groups in total. The molecule has 0 aromatic heterocycles. The van der Waals surface area contributed by atoms with Crippen LogP contribution in [0.2, 0.25) is 0 Å². The summed E-state index contributed by atoms with van der Waals surface area (Å²) in [6.07, 6.45) is 0. The maximum absolute atomic E-state index is 11.1. The third kappa shape index (κ3) is 2.17. The fraction of sp³-hybridized carbons (Fsp3) is 0.857. The van der Waals surface area contributed by atoms with Crippen LogP contribution in [0.25, 0.3) is 0 Å². The molecule has 0 aromatic rings. The van der Waals surface area contributed by atoms with Gasteiger partial charge < -0.3 is 4.90 Å². The molecule has 0 atom stereocenters. The zero-order valence-electron chi connectivity index (χ0n) is 7.21. The van der Waals surface area contributed by atoms with Crippen molar-refractivity contribution in [1.82, 2.24) is 9.80 Å². The van der Waals surface area contributed by atoms with Crippen molar-refractivity contribution in [2.24, 2.45) is 0 Å². The summed E-state index contributed by atoms with van der Waals surface area (Å²) in [5.41, 5.74) is 0. The molecule has 1 fully saturated rings. The lowest BCUT2D eigenvalue weighted by Crippen LogP contribution is -2.87. The zero-order chi connectivity index (χ0) is 8.27. The molecule has 0 unspecified atom stereocenters. The van der Waals surface area contributed by atoms with E-state index in [-0.39, 0.29) is 6.03 Å². The Balaban J connectivity index is 2.33. The van der Waals surface area contributed by atoms with Crippen molar-refractivity contribution in [2.45, 2.75) is 0 Å². The Kier molecular flexibility index (Phi) is 2.84. The number of hydrogen-bond donors (Lipinski definition) is 1. The first-order chi connectivity index (χ1) is 5.24. The molecular formula is C7H16N3O+. The number of carbonyl (C=O) groups excluding carboxylic acids is 1. The Morgan fingerprint density at radius 1 is 1.27 bits per heavy atom. The van der Waals surface area contributed by atoms with Crippen LogP contribution >= 0.6 is 0 Å². The molecule has 0 radical (unpaired) electrons. The first-order valence-corrected chi connectivity index (χ1v) is 4.01. The second-order valence-corrected chi connectivity index (χ2v) is 2.92. The van der Waals surface area contributed by atoms with Gasteiger partial charge in [0.2, 0.25) is 0 Å². The lowest BCUT2D eigenvalue weighted by atomic mass is 10.3. The van der Waals surface area contributed by atoms with Gasteiger partial charge in [-0.1, -0.05) is 0 Å². The molecule has 0 bridgehead atoms. The Labute approximate surface area is 67.2 Å². The van der Waals surface area contributed by atoms with Crippen LogP contribution in [-0.4, -0.2) is 56.1 Å². The molecule has 1 aliphatic heterocycles. The average molecular weight is 158 g/mol. The number of quaternary nitrogens is 1. The fourth-order valence-corrected chi connectivity index (χ4v) is 1.21. The van der Waals surface area contributed by atoms with Gasteiger partial charge in [-0.15, -0.1) is 0 Å². The third-order valence-electron chi connectivity index (χ3n) is 2.06. The standard InChI is InChI=1S/C7H15N3O/c1-8-7(11)10-5-3-9(2)4-6-10/h3-6H2,1-2H3,(H,8,11)/p+1. The van der Waals surface area contributed by atoms with Crippen molar-refractivity contribution in [3.63, 3.8) is 0 Å². The summed E-state index contributed by atoms with van der Waals surface area (Å²) in [6.45, 7) is 3.75. The van der Waals surface area contributed by atoms with Gasteiger partial charge in [0.1, 0.15) is 0 Å². The maximum atomic E-state index is 11.1. The molecule has 0 spiro atoms. The summed E-state index contributed by atoms with van der Waals surface area (Å²) >= 11 is 0. The Morgan fingerprint density at radius 3 is 2.27 bits per heavy atom. The van der Waals surface area contributed by atoms with Crippen LogP contribution in [0.15, 0.2) is 0 Å². The van der Waals surface area contributed by atoms with Gasteiger partial charge in [0, 0.05) is 26.2 Å². The van der Waals surface area contributed by atoms with Crippen LogP contribution in [0, 0.1) is 0 Å². The molecule has 4 nitrogen and oxygen atoms in total. The predicted octanol–water partition coefficient (Wildman–Crippen LogP) is -1.45. The molecule has 1 rings (SSSR count). The van der Waals surface area contributed by atoms with Crippen molar-refractivity contribution in [3.8, 4) is 0 Å². The van der Waals surface area contributed by atoms with Crippen LogP contribution in [0.3, 0.4) is 0 Å². The van der Waals surface area contributed by atoms with Gasteiger partial charge in [0.05, 0.1) is 7.05 Å². The summed E-state index contributed by atoms with van der Waals surface area (Å²) in [6, 6.07) is 0.165. The summed E-state index contributed by atoms with van der Waals surface area (Å²) in [5.74, 6) is 0. The van der Waals surface area contributed by atoms with E-state index in [4.69, 9.17) is 0 Å². The number of piperazine rings is 1. The second kappa shape index (κ2) is 3.69. The third-order valence-corrected chi connectivity index (χ3v) is 2.06. The van der Waals surface area contributed by atoms with E-state index in [9.17, 15) is 4.79 Å². The molecule has 0 aromatic carbocycles. The number of likely N-dealkylation sites (N-methyl/N-ethyl adjacent to an activating group) is 1. The minimum Gasteiger partial charge on any atom is -0.303 e. The van der Waals surface area contributed by atoms with E-state index in [2.05, 4.69) is 11.9 Å². The van der Waals surface area contributed by atoms with Gasteiger partial charge in [-0.05, 0) is 7.05 Å². The van der Waals surface area contributed by atoms with E-state index < -0.39 is 0 Å². The number of nitrogens with zero attached hydrogens (tertiary/aromatic N) is 2. The molecule has 1 aliphatic rings. The summed E-state index contributed by atoms with van der Waals surface area (Å²) in [4.78, 5) is 15.2. The molecule has 2 amide bonds. The normalized spacial score (nSPS) is 20.4. The van der Waals surface area contributed by atoms with Crippen LogP contribution in [-0.2, 0) is 0 Å². The van der Waals surface area contributed by atoms with Crippen molar-refractivity contribution in [1.29, 1.82) is 0 Å². The van der Waals surface area contributed by atoms with Gasteiger partial charge in [-0.3, -0.25) is 10.2 Å². The van der Waals surface area contributed by atoms with Crippen LogP contribution in [0.5, 0.6) is 0 Å². The SMILES string of the molecule is C[NH2+]C(=O)N1CCN(C)CC1. The highest BCUT2D eigenvalue weighted by atomic mass is 16.2. The predicted molar refractivity (Wildman–Crippen MR) is 42.3 cm³/mol. The first kappa shape index (κ1) is 8.49. The maximum Gasteiger partial charge on any atom is 0.415 e. The fourth-order valence-electron chi connectivity index (χ4n) is 1.21. The van der Waals surface area contributed by atoms with Gasteiger partial charge in [-0.25, -0.2) is 4.79 Å². The number of nitrogens with two attached hydrogens (primary N) is 1. The smallest absolute Gasteiger partial charge is 0.303 e. The van der Waals surface area contributed by atoms with E-state index in [1.54, 1.807) is 12.4 Å². The van der Waals surface area contributed by atoms with Crippen molar-refractivity contribution in [3.05, 3.63) is 0 Å². The van der Waals surface area contributed by atoms with Crippen LogP contribution < -0.4 is 5.32 Å². The van der Waals surface area contributed by atoms with Gasteiger partial charge in [0.25, 0.3) is 0 Å². The van der Waals surface area contributed by atoms with Crippen molar-refractivity contribution in [2.75, 3.05) is 40.3 Å². The summed E-state index contributed by atoms with van der Waals surface area (Å²) in [7, 11) is 3.87. The number of hydrogen-bond acceptors (Lipinski definition) is 2. The molecule has 0 saturated carbocycles. The lowest BCUT2D eigenvalue weighted by molar-refractivity contribution is -0.531. The number of urea groups is 1. The lowest BCUT2D eigenvalue weighted by Gasteiger charge is -2.30. The van der Waals surface area contributed by atoms with E-state index in [1.165, 1.54) is 0 Å². The zero-order valence-corrected chi connectivity index (χ0v) is 7.21. The van der Waals surface area contributed by atoms with Gasteiger partial charge in [0.15, 0.2) is 0 Å². The van der Waals surface area contributed by atoms with E-state index in [0.717, 1.165) is 26.2 Å². The first-order valence-electron chi connectivity index (χ1n) is 4.01. The quantitative estimate of drug-likeness (QED) is 0.468. The Bertz CT molecular complexity index is 141. The van der Waals surface area contributed by atoms with Crippen molar-refractivity contribution >= 4 is 6.03 Å². The molecule has 1 heterocycles. The van der Waals surface area contributed by atoms with Gasteiger partial charge >= 0.3 is 6.03 Å². The minimum atomic E-state index is 0.165. The number of rotatable bonds is 0. The number of primary amides is 1. The molecule has 1 saturated heterocycles. The second-order valence-electron chi connectivity index (χ2n) is 2.92. The van der Waals surface area contributed by atoms with Crippen LogP contribution in [0.4, 0.5) is 4.79 Å². The molecule has 4 heteroatoms. The van der Waals surface area contributed by atoms with E-state index >= 15 is 0 Å². The molecule has 64 valence electrons.